The van der Waals surface area contributed by atoms with Gasteiger partial charge in [0.2, 0.25) is 5.91 Å². The first-order valence-electron chi connectivity index (χ1n) is 4.99. The van der Waals surface area contributed by atoms with Gasteiger partial charge in [0, 0.05) is 6.20 Å². The molecule has 0 saturated heterocycles. The van der Waals surface area contributed by atoms with E-state index in [0.29, 0.717) is 11.9 Å². The predicted molar refractivity (Wildman–Crippen MR) is 62.6 cm³/mol. The van der Waals surface area contributed by atoms with E-state index in [-0.39, 0.29) is 12.2 Å². The number of rotatable bonds is 5. The van der Waals surface area contributed by atoms with Crippen LogP contribution >= 0.6 is 0 Å². The van der Waals surface area contributed by atoms with Gasteiger partial charge in [-0.05, 0) is 30.3 Å². The van der Waals surface area contributed by atoms with Gasteiger partial charge in [-0.3, -0.25) is 4.79 Å². The number of carbonyl (C=O) groups is 1. The van der Waals surface area contributed by atoms with Crippen molar-refractivity contribution in [2.45, 2.75) is 0 Å². The fourth-order valence-corrected chi connectivity index (χ4v) is 1.09. The Hall–Kier alpha value is -2.37. The molecule has 0 heterocycles. The Kier molecular flexibility index (Phi) is 4.86. The van der Waals surface area contributed by atoms with Gasteiger partial charge in [0.25, 0.3) is 0 Å². The van der Waals surface area contributed by atoms with Crippen molar-refractivity contribution in [3.63, 3.8) is 0 Å². The number of hydrogen-bond donors (Lipinski definition) is 2. The van der Waals surface area contributed by atoms with Crippen molar-refractivity contribution in [3.8, 4) is 5.75 Å². The van der Waals surface area contributed by atoms with E-state index in [0.717, 1.165) is 6.08 Å². The zero-order valence-corrected chi connectivity index (χ0v) is 9.40. The maximum absolute atomic E-state index is 12.9. The van der Waals surface area contributed by atoms with Gasteiger partial charge in [-0.1, -0.05) is 0 Å². The smallest absolute Gasteiger partial charge is 0.248 e. The molecule has 0 unspecified atom stereocenters. The van der Waals surface area contributed by atoms with Crippen LogP contribution < -0.4 is 16.2 Å². The lowest BCUT2D eigenvalue weighted by Gasteiger charge is -2.07. The number of amides is 1. The van der Waals surface area contributed by atoms with Crippen LogP contribution in [-0.4, -0.2) is 12.5 Å². The summed E-state index contributed by atoms with van der Waals surface area (Å²) in [6.45, 7) is -0.234. The monoisotopic (exact) mass is 254 g/mol. The van der Waals surface area contributed by atoms with Crippen molar-refractivity contribution in [3.05, 3.63) is 53.8 Å². The van der Waals surface area contributed by atoms with Crippen LogP contribution in [0.2, 0.25) is 0 Å². The minimum atomic E-state index is -0.825. The van der Waals surface area contributed by atoms with Crippen LogP contribution in [0.1, 0.15) is 0 Å². The van der Waals surface area contributed by atoms with Crippen molar-refractivity contribution >= 4 is 5.91 Å². The average Bonchev–Trinajstić information content (AvgIpc) is 2.35. The zero-order valence-electron chi connectivity index (χ0n) is 9.40. The molecule has 6 heteroatoms. The molecule has 96 valence electrons. The van der Waals surface area contributed by atoms with Crippen LogP contribution in [0.25, 0.3) is 0 Å². The molecular weight excluding hydrogens is 242 g/mol. The molecule has 0 fully saturated rings. The number of carbonyl (C=O) groups excluding carboxylic acids is 1. The third-order valence-corrected chi connectivity index (χ3v) is 2.00. The van der Waals surface area contributed by atoms with E-state index in [1.54, 1.807) is 0 Å². The highest BCUT2D eigenvalue weighted by Crippen LogP contribution is 2.13. The quantitative estimate of drug-likeness (QED) is 0.615. The van der Waals surface area contributed by atoms with E-state index < -0.39 is 17.6 Å². The molecule has 0 radical (unpaired) electrons. The number of hydrogen-bond acceptors (Lipinski definition) is 3. The lowest BCUT2D eigenvalue weighted by molar-refractivity contribution is -0.114. The van der Waals surface area contributed by atoms with Crippen LogP contribution in [0.5, 0.6) is 5.75 Å². The molecule has 0 aliphatic carbocycles. The third-order valence-electron chi connectivity index (χ3n) is 2.00. The van der Waals surface area contributed by atoms with Gasteiger partial charge < -0.3 is 16.2 Å². The second-order valence-corrected chi connectivity index (χ2v) is 3.33. The largest absolute Gasteiger partial charge is 0.489 e. The second-order valence-electron chi connectivity index (χ2n) is 3.33. The summed E-state index contributed by atoms with van der Waals surface area (Å²) < 4.78 is 30.6. The lowest BCUT2D eigenvalue weighted by atomic mass is 10.2. The molecule has 0 aliphatic rings. The molecule has 0 aromatic heterocycles. The van der Waals surface area contributed by atoms with Crippen molar-refractivity contribution in [1.82, 2.24) is 0 Å². The fraction of sp³-hybridized carbons (Fsp3) is 0.0833. The summed E-state index contributed by atoms with van der Waals surface area (Å²) in [5, 5.41) is 0. The van der Waals surface area contributed by atoms with Crippen molar-refractivity contribution < 1.29 is 18.3 Å². The number of benzene rings is 1. The van der Waals surface area contributed by atoms with Gasteiger partial charge in [-0.15, -0.1) is 0 Å². The van der Waals surface area contributed by atoms with Gasteiger partial charge in [-0.25, -0.2) is 8.78 Å². The van der Waals surface area contributed by atoms with Gasteiger partial charge >= 0.3 is 0 Å². The molecule has 0 saturated carbocycles. The molecular formula is C12H12F2N2O2. The normalized spacial score (nSPS) is 12.3. The van der Waals surface area contributed by atoms with Crippen LogP contribution in [0, 0.1) is 5.82 Å². The van der Waals surface area contributed by atoms with Crippen LogP contribution in [0.3, 0.4) is 0 Å². The van der Waals surface area contributed by atoms with Gasteiger partial charge in [0.05, 0.1) is 5.57 Å². The van der Waals surface area contributed by atoms with E-state index >= 15 is 0 Å². The predicted octanol–water partition coefficient (Wildman–Crippen LogP) is 1.39. The first-order chi connectivity index (χ1) is 8.52. The fourth-order valence-electron chi connectivity index (χ4n) is 1.09. The Balaban J connectivity index is 2.72. The first-order valence-corrected chi connectivity index (χ1v) is 4.99. The first kappa shape index (κ1) is 13.7. The minimum Gasteiger partial charge on any atom is -0.489 e. The zero-order chi connectivity index (χ0) is 13.5. The average molecular weight is 254 g/mol. The highest BCUT2D eigenvalue weighted by Gasteiger charge is 2.07. The Morgan fingerprint density at radius 2 is 1.94 bits per heavy atom. The van der Waals surface area contributed by atoms with E-state index in [9.17, 15) is 13.6 Å². The summed E-state index contributed by atoms with van der Waals surface area (Å²) in [7, 11) is 0. The SMILES string of the molecule is N/C=C(F)\C=C(/COc1ccc(F)cc1)C(N)=O. The molecule has 0 aliphatic heterocycles. The summed E-state index contributed by atoms with van der Waals surface area (Å²) in [5.41, 5.74) is 9.89. The van der Waals surface area contributed by atoms with Crippen LogP contribution in [0.15, 0.2) is 47.9 Å². The lowest BCUT2D eigenvalue weighted by Crippen LogP contribution is -2.19. The summed E-state index contributed by atoms with van der Waals surface area (Å²) in [5.74, 6) is -1.70. The van der Waals surface area contributed by atoms with Crippen molar-refractivity contribution in [2.24, 2.45) is 11.5 Å². The van der Waals surface area contributed by atoms with E-state index in [1.165, 1.54) is 24.3 Å². The van der Waals surface area contributed by atoms with Gasteiger partial charge in [0.1, 0.15) is 24.0 Å². The van der Waals surface area contributed by atoms with Crippen molar-refractivity contribution in [1.29, 1.82) is 0 Å². The number of ether oxygens (including phenoxy) is 1. The number of primary amides is 1. The van der Waals surface area contributed by atoms with E-state index in [4.69, 9.17) is 16.2 Å². The van der Waals surface area contributed by atoms with Crippen molar-refractivity contribution in [2.75, 3.05) is 6.61 Å². The number of allylic oxidation sites excluding steroid dienone is 2. The molecule has 0 atom stereocenters. The number of halogens is 2. The maximum Gasteiger partial charge on any atom is 0.248 e. The summed E-state index contributed by atoms with van der Waals surface area (Å²) >= 11 is 0. The molecule has 4 N–H and O–H groups in total. The molecule has 1 amide bonds. The Morgan fingerprint density at radius 3 is 2.44 bits per heavy atom. The highest BCUT2D eigenvalue weighted by atomic mass is 19.1. The maximum atomic E-state index is 12.9. The summed E-state index contributed by atoms with van der Waals surface area (Å²) in [4.78, 5) is 11.0. The van der Waals surface area contributed by atoms with E-state index in [2.05, 4.69) is 0 Å². The molecule has 1 aromatic rings. The molecule has 0 bridgehead atoms. The van der Waals surface area contributed by atoms with E-state index in [1.807, 2.05) is 0 Å². The standard InChI is InChI=1S/C12H12F2N2O2/c13-9-1-3-11(4-2-9)18-7-8(12(16)17)5-10(14)6-15/h1-6H,7,15H2,(H2,16,17)/b8-5+,10-6+. The highest BCUT2D eigenvalue weighted by molar-refractivity contribution is 5.92. The molecule has 1 rings (SSSR count). The molecule has 1 aromatic carbocycles. The number of nitrogens with two attached hydrogens (primary N) is 2. The summed E-state index contributed by atoms with van der Waals surface area (Å²) in [6, 6.07) is 5.15. The summed E-state index contributed by atoms with van der Waals surface area (Å²) in [6.07, 6.45) is 1.58. The molecule has 18 heavy (non-hydrogen) atoms. The Bertz CT molecular complexity index is 481. The Labute approximate surface area is 103 Å². The van der Waals surface area contributed by atoms with Gasteiger partial charge in [0.15, 0.2) is 0 Å². The third kappa shape index (κ3) is 4.25. The minimum absolute atomic E-state index is 0.0847. The second kappa shape index (κ2) is 6.39. The molecule has 4 nitrogen and oxygen atoms in total. The van der Waals surface area contributed by atoms with Gasteiger partial charge in [-0.2, -0.15) is 0 Å². The van der Waals surface area contributed by atoms with Crippen LogP contribution in [0.4, 0.5) is 8.78 Å². The molecule has 0 spiro atoms. The Morgan fingerprint density at radius 1 is 1.33 bits per heavy atom. The van der Waals surface area contributed by atoms with Crippen LogP contribution in [-0.2, 0) is 4.79 Å². The topological polar surface area (TPSA) is 78.3 Å².